The molecule has 1 rings (SSSR count). The van der Waals surface area contributed by atoms with Crippen molar-refractivity contribution in [1.29, 1.82) is 0 Å². The van der Waals surface area contributed by atoms with Crippen LogP contribution in [0.2, 0.25) is 0 Å². The number of carbonyl (C=O) groups is 2. The van der Waals surface area contributed by atoms with Gasteiger partial charge in [-0.3, -0.25) is 9.69 Å². The molecule has 0 saturated carbocycles. The fourth-order valence-electron chi connectivity index (χ4n) is 2.32. The SMILES string of the molecule is CCCCOC(=O)N1CCN(C(C)C(=O)OC)CC1C. The van der Waals surface area contributed by atoms with E-state index in [1.807, 2.05) is 18.7 Å². The highest BCUT2D eigenvalue weighted by Crippen LogP contribution is 2.14. The van der Waals surface area contributed by atoms with E-state index in [9.17, 15) is 9.59 Å². The van der Waals surface area contributed by atoms with E-state index in [4.69, 9.17) is 9.47 Å². The molecule has 6 heteroatoms. The lowest BCUT2D eigenvalue weighted by Crippen LogP contribution is -2.57. The molecule has 1 aliphatic heterocycles. The summed E-state index contributed by atoms with van der Waals surface area (Å²) < 4.78 is 9.99. The molecule has 1 saturated heterocycles. The summed E-state index contributed by atoms with van der Waals surface area (Å²) in [7, 11) is 1.39. The first-order valence-corrected chi connectivity index (χ1v) is 7.26. The smallest absolute Gasteiger partial charge is 0.410 e. The van der Waals surface area contributed by atoms with Crippen LogP contribution in [0.3, 0.4) is 0 Å². The molecule has 0 aromatic heterocycles. The Kier molecular flexibility index (Phi) is 6.78. The lowest BCUT2D eigenvalue weighted by atomic mass is 10.1. The largest absolute Gasteiger partial charge is 0.468 e. The van der Waals surface area contributed by atoms with Crippen LogP contribution in [0.1, 0.15) is 33.6 Å². The van der Waals surface area contributed by atoms with Gasteiger partial charge >= 0.3 is 12.1 Å². The quantitative estimate of drug-likeness (QED) is 0.566. The number of ether oxygens (including phenoxy) is 2. The van der Waals surface area contributed by atoms with Crippen molar-refractivity contribution >= 4 is 12.1 Å². The molecule has 0 aliphatic carbocycles. The summed E-state index contributed by atoms with van der Waals surface area (Å²) in [5.41, 5.74) is 0. The number of rotatable bonds is 5. The number of unbranched alkanes of at least 4 members (excludes halogenated alkanes) is 1. The average molecular weight is 286 g/mol. The fourth-order valence-corrected chi connectivity index (χ4v) is 2.32. The van der Waals surface area contributed by atoms with E-state index < -0.39 is 0 Å². The van der Waals surface area contributed by atoms with Crippen molar-refractivity contribution < 1.29 is 19.1 Å². The lowest BCUT2D eigenvalue weighted by Gasteiger charge is -2.40. The summed E-state index contributed by atoms with van der Waals surface area (Å²) in [5, 5.41) is 0. The van der Waals surface area contributed by atoms with Crippen LogP contribution in [0, 0.1) is 0 Å². The second-order valence-electron chi connectivity index (χ2n) is 5.20. The number of nitrogens with zero attached hydrogens (tertiary/aromatic N) is 2. The second kappa shape index (κ2) is 8.09. The summed E-state index contributed by atoms with van der Waals surface area (Å²) in [6.07, 6.45) is 1.64. The number of amides is 1. The molecule has 1 amide bonds. The fraction of sp³-hybridized carbons (Fsp3) is 0.857. The second-order valence-corrected chi connectivity index (χ2v) is 5.20. The van der Waals surface area contributed by atoms with Crippen LogP contribution < -0.4 is 0 Å². The molecule has 20 heavy (non-hydrogen) atoms. The molecule has 2 atom stereocenters. The van der Waals surface area contributed by atoms with Crippen molar-refractivity contribution in [3.05, 3.63) is 0 Å². The molecule has 0 bridgehead atoms. The van der Waals surface area contributed by atoms with E-state index in [2.05, 4.69) is 6.92 Å². The highest BCUT2D eigenvalue weighted by atomic mass is 16.6. The molecule has 1 fully saturated rings. The molecule has 0 aromatic carbocycles. The van der Waals surface area contributed by atoms with E-state index in [1.54, 1.807) is 4.90 Å². The Bertz CT molecular complexity index is 335. The van der Waals surface area contributed by atoms with Crippen molar-refractivity contribution in [3.8, 4) is 0 Å². The lowest BCUT2D eigenvalue weighted by molar-refractivity contribution is -0.147. The van der Waals surface area contributed by atoms with E-state index in [0.717, 1.165) is 12.8 Å². The predicted molar refractivity (Wildman–Crippen MR) is 75.5 cm³/mol. The molecule has 6 nitrogen and oxygen atoms in total. The number of esters is 1. The van der Waals surface area contributed by atoms with Crippen molar-refractivity contribution in [2.75, 3.05) is 33.4 Å². The van der Waals surface area contributed by atoms with Gasteiger partial charge in [0.25, 0.3) is 0 Å². The first-order chi connectivity index (χ1) is 9.51. The van der Waals surface area contributed by atoms with Gasteiger partial charge in [0, 0.05) is 25.7 Å². The minimum atomic E-state index is -0.277. The molecule has 0 spiro atoms. The van der Waals surface area contributed by atoms with Crippen LogP contribution in [0.4, 0.5) is 4.79 Å². The summed E-state index contributed by atoms with van der Waals surface area (Å²) in [6.45, 7) is 8.21. The molecule has 0 aromatic rings. The van der Waals surface area contributed by atoms with Crippen LogP contribution >= 0.6 is 0 Å². The maximum absolute atomic E-state index is 11.9. The van der Waals surface area contributed by atoms with Gasteiger partial charge in [-0.2, -0.15) is 0 Å². The Morgan fingerprint density at radius 3 is 2.60 bits per heavy atom. The molecule has 1 aliphatic rings. The van der Waals surface area contributed by atoms with Gasteiger partial charge in [0.05, 0.1) is 13.7 Å². The van der Waals surface area contributed by atoms with Crippen molar-refractivity contribution in [2.24, 2.45) is 0 Å². The molecular formula is C14H26N2O4. The number of carbonyl (C=O) groups excluding carboxylic acids is 2. The zero-order chi connectivity index (χ0) is 15.1. The monoisotopic (exact) mass is 286 g/mol. The molecule has 2 unspecified atom stereocenters. The first-order valence-electron chi connectivity index (χ1n) is 7.26. The normalized spacial score (nSPS) is 21.4. The van der Waals surface area contributed by atoms with Gasteiger partial charge in [-0.25, -0.2) is 4.79 Å². The minimum absolute atomic E-state index is 0.0324. The molecule has 0 N–H and O–H groups in total. The van der Waals surface area contributed by atoms with Gasteiger partial charge in [0.15, 0.2) is 0 Å². The van der Waals surface area contributed by atoms with Crippen LogP contribution in [0.5, 0.6) is 0 Å². The first kappa shape index (κ1) is 16.8. The van der Waals surface area contributed by atoms with Gasteiger partial charge in [0.2, 0.25) is 0 Å². The topological polar surface area (TPSA) is 59.1 Å². The Morgan fingerprint density at radius 1 is 1.35 bits per heavy atom. The maximum atomic E-state index is 11.9. The molecule has 1 heterocycles. The standard InChI is InChI=1S/C14H26N2O4/c1-5-6-9-20-14(18)16-8-7-15(10-11(16)2)12(3)13(17)19-4/h11-12H,5-10H2,1-4H3. The van der Waals surface area contributed by atoms with Crippen molar-refractivity contribution in [2.45, 2.75) is 45.7 Å². The minimum Gasteiger partial charge on any atom is -0.468 e. The van der Waals surface area contributed by atoms with Crippen LogP contribution in [-0.2, 0) is 14.3 Å². The van der Waals surface area contributed by atoms with Gasteiger partial charge in [-0.1, -0.05) is 13.3 Å². The number of hydrogen-bond donors (Lipinski definition) is 0. The zero-order valence-electron chi connectivity index (χ0n) is 12.9. The molecular weight excluding hydrogens is 260 g/mol. The van der Waals surface area contributed by atoms with E-state index in [1.165, 1.54) is 7.11 Å². The molecule has 0 radical (unpaired) electrons. The Hall–Kier alpha value is -1.30. The third kappa shape index (κ3) is 4.37. The highest BCUT2D eigenvalue weighted by Gasteiger charge is 2.32. The van der Waals surface area contributed by atoms with E-state index >= 15 is 0 Å². The van der Waals surface area contributed by atoms with Crippen LogP contribution in [-0.4, -0.2) is 67.3 Å². The van der Waals surface area contributed by atoms with Crippen LogP contribution in [0.25, 0.3) is 0 Å². The summed E-state index contributed by atoms with van der Waals surface area (Å²) in [4.78, 5) is 27.2. The third-order valence-corrected chi connectivity index (χ3v) is 3.71. The van der Waals surface area contributed by atoms with E-state index in [0.29, 0.717) is 26.2 Å². The van der Waals surface area contributed by atoms with Crippen molar-refractivity contribution in [3.63, 3.8) is 0 Å². The van der Waals surface area contributed by atoms with Gasteiger partial charge < -0.3 is 14.4 Å². The summed E-state index contributed by atoms with van der Waals surface area (Å²) in [5.74, 6) is -0.240. The predicted octanol–water partition coefficient (Wildman–Crippen LogP) is 1.49. The maximum Gasteiger partial charge on any atom is 0.410 e. The average Bonchev–Trinajstić information content (AvgIpc) is 2.45. The third-order valence-electron chi connectivity index (χ3n) is 3.71. The summed E-state index contributed by atoms with van der Waals surface area (Å²) >= 11 is 0. The summed E-state index contributed by atoms with van der Waals surface area (Å²) in [6, 6.07) is -0.245. The number of hydrogen-bond acceptors (Lipinski definition) is 5. The highest BCUT2D eigenvalue weighted by molar-refractivity contribution is 5.75. The number of piperazine rings is 1. The van der Waals surface area contributed by atoms with Crippen LogP contribution in [0.15, 0.2) is 0 Å². The molecule has 116 valence electrons. The zero-order valence-corrected chi connectivity index (χ0v) is 12.9. The van der Waals surface area contributed by atoms with Gasteiger partial charge in [0.1, 0.15) is 6.04 Å². The number of methoxy groups -OCH3 is 1. The van der Waals surface area contributed by atoms with Gasteiger partial charge in [-0.05, 0) is 20.3 Å². The van der Waals surface area contributed by atoms with Crippen molar-refractivity contribution in [1.82, 2.24) is 9.80 Å². The van der Waals surface area contributed by atoms with E-state index in [-0.39, 0.29) is 24.1 Å². The van der Waals surface area contributed by atoms with Gasteiger partial charge in [-0.15, -0.1) is 0 Å². The Labute approximate surface area is 121 Å². The Balaban J connectivity index is 2.46. The Morgan fingerprint density at radius 2 is 2.05 bits per heavy atom.